The molecule has 0 unspecified atom stereocenters. The Morgan fingerprint density at radius 2 is 2.33 bits per heavy atom. The Kier molecular flexibility index (Phi) is 2.40. The van der Waals surface area contributed by atoms with Crippen molar-refractivity contribution in [2.24, 2.45) is 0 Å². The molecule has 0 aliphatic heterocycles. The van der Waals surface area contributed by atoms with Crippen LogP contribution in [0.4, 0.5) is 10.2 Å². The summed E-state index contributed by atoms with van der Waals surface area (Å²) >= 11 is 1.57. The van der Waals surface area contributed by atoms with Crippen molar-refractivity contribution < 1.29 is 14.4 Å². The van der Waals surface area contributed by atoms with Crippen molar-refractivity contribution in [3.05, 3.63) is 25.7 Å². The lowest BCUT2D eigenvalue weighted by molar-refractivity contribution is -0.391. The molecule has 0 bridgehead atoms. The van der Waals surface area contributed by atoms with Gasteiger partial charge in [0.1, 0.15) is 0 Å². The van der Waals surface area contributed by atoms with Crippen molar-refractivity contribution in [3.63, 3.8) is 0 Å². The first-order valence-electron chi connectivity index (χ1n) is 2.71. The lowest BCUT2D eigenvalue weighted by atomic mass is 10.4. The van der Waals surface area contributed by atoms with E-state index in [1.807, 2.05) is 0 Å². The minimum absolute atomic E-state index is 0.0619. The molecule has 5 nitrogen and oxygen atoms in total. The fourth-order valence-corrected chi connectivity index (χ4v) is 1.09. The van der Waals surface area contributed by atoms with Crippen LogP contribution in [0.5, 0.6) is 5.75 Å². The van der Waals surface area contributed by atoms with Gasteiger partial charge in [0, 0.05) is 6.07 Å². The molecule has 0 saturated heterocycles. The van der Waals surface area contributed by atoms with Crippen LogP contribution in [0.25, 0.3) is 0 Å². The quantitative estimate of drug-likeness (QED) is 0.366. The summed E-state index contributed by atoms with van der Waals surface area (Å²) in [5, 5.41) is 19.2. The highest BCUT2D eigenvalue weighted by Crippen LogP contribution is 2.28. The van der Waals surface area contributed by atoms with Crippen LogP contribution in [0.2, 0.25) is 0 Å². The van der Waals surface area contributed by atoms with Gasteiger partial charge in [-0.1, -0.05) is 0 Å². The first-order chi connectivity index (χ1) is 5.52. The summed E-state index contributed by atoms with van der Waals surface area (Å²) in [5.74, 6) is -2.45. The number of rotatable bonds is 1. The van der Waals surface area contributed by atoms with Gasteiger partial charge < -0.3 is 15.2 Å². The largest absolute Gasteiger partial charge is 0.500 e. The van der Waals surface area contributed by atoms with E-state index in [2.05, 4.69) is 4.98 Å². The van der Waals surface area contributed by atoms with E-state index in [4.69, 9.17) is 5.11 Å². The Balaban J connectivity index is 3.37. The average Bonchev–Trinajstić information content (AvgIpc) is 1.96. The van der Waals surface area contributed by atoms with Gasteiger partial charge in [-0.05, 0) is 32.5 Å². The van der Waals surface area contributed by atoms with Crippen molar-refractivity contribution in [1.82, 2.24) is 4.98 Å². The predicted molar refractivity (Wildman–Crippen MR) is 45.2 cm³/mol. The van der Waals surface area contributed by atoms with Gasteiger partial charge in [-0.25, -0.2) is 0 Å². The van der Waals surface area contributed by atoms with Gasteiger partial charge in [0.25, 0.3) is 0 Å². The zero-order valence-corrected chi connectivity index (χ0v) is 7.65. The van der Waals surface area contributed by atoms with E-state index in [1.54, 1.807) is 22.6 Å². The third-order valence-corrected chi connectivity index (χ3v) is 1.89. The molecule has 1 aromatic rings. The molecule has 12 heavy (non-hydrogen) atoms. The maximum absolute atomic E-state index is 12.4. The highest BCUT2D eigenvalue weighted by molar-refractivity contribution is 14.1. The number of halogens is 2. The lowest BCUT2D eigenvalue weighted by Gasteiger charge is -1.96. The molecule has 0 aromatic carbocycles. The zero-order valence-electron chi connectivity index (χ0n) is 5.49. The summed E-state index contributed by atoms with van der Waals surface area (Å²) in [6.45, 7) is 0. The zero-order chi connectivity index (χ0) is 9.30. The summed E-state index contributed by atoms with van der Waals surface area (Å²) in [6.07, 6.45) is 0. The molecule has 7 heteroatoms. The molecule has 0 spiro atoms. The van der Waals surface area contributed by atoms with E-state index in [-0.39, 0.29) is 3.57 Å². The number of hydrogen-bond acceptors (Lipinski definition) is 4. The van der Waals surface area contributed by atoms with Gasteiger partial charge in [-0.2, -0.15) is 4.39 Å². The van der Waals surface area contributed by atoms with Crippen LogP contribution in [0.1, 0.15) is 0 Å². The van der Waals surface area contributed by atoms with Gasteiger partial charge >= 0.3 is 11.8 Å². The van der Waals surface area contributed by atoms with E-state index < -0.39 is 22.4 Å². The second-order valence-electron chi connectivity index (χ2n) is 1.86. The number of aromatic nitrogens is 1. The molecule has 64 valence electrons. The third-order valence-electron chi connectivity index (χ3n) is 1.07. The predicted octanol–water partition coefficient (Wildman–Crippen LogP) is 1.44. The monoisotopic (exact) mass is 284 g/mol. The fourth-order valence-electron chi connectivity index (χ4n) is 0.593. The smallest absolute Gasteiger partial charge is 0.410 e. The standard InChI is InChI=1S/C5H2FIN2O3/c6-3-1-2(7)4(10)5(8-3)9(11)12/h1,10H. The van der Waals surface area contributed by atoms with Gasteiger partial charge in [-0.3, -0.25) is 0 Å². The molecule has 0 aliphatic rings. The van der Waals surface area contributed by atoms with Crippen molar-refractivity contribution in [1.29, 1.82) is 0 Å². The molecule has 0 saturated carbocycles. The van der Waals surface area contributed by atoms with Crippen LogP contribution in [0.3, 0.4) is 0 Å². The van der Waals surface area contributed by atoms with E-state index in [0.717, 1.165) is 6.07 Å². The summed E-state index contributed by atoms with van der Waals surface area (Å²) < 4.78 is 12.5. The molecule has 0 fully saturated rings. The van der Waals surface area contributed by atoms with E-state index in [9.17, 15) is 14.5 Å². The number of nitro groups is 1. The topological polar surface area (TPSA) is 76.3 Å². The van der Waals surface area contributed by atoms with E-state index >= 15 is 0 Å². The molecule has 0 radical (unpaired) electrons. The number of aromatic hydroxyl groups is 1. The fraction of sp³-hybridized carbons (Fsp3) is 0. The van der Waals surface area contributed by atoms with Gasteiger partial charge in [0.15, 0.2) is 0 Å². The second-order valence-corrected chi connectivity index (χ2v) is 3.02. The molecule has 1 rings (SSSR count). The van der Waals surface area contributed by atoms with Crippen LogP contribution in [-0.4, -0.2) is 15.0 Å². The molecule has 1 aromatic heterocycles. The minimum Gasteiger partial charge on any atom is -0.500 e. The molecular weight excluding hydrogens is 282 g/mol. The van der Waals surface area contributed by atoms with E-state index in [1.165, 1.54) is 0 Å². The number of hydrogen-bond donors (Lipinski definition) is 1. The SMILES string of the molecule is O=[N+]([O-])c1nc(F)cc(I)c1O. The lowest BCUT2D eigenvalue weighted by Crippen LogP contribution is -1.96. The Morgan fingerprint density at radius 3 is 2.83 bits per heavy atom. The first kappa shape index (κ1) is 9.10. The number of nitrogens with zero attached hydrogens (tertiary/aromatic N) is 2. The molecule has 1 heterocycles. The van der Waals surface area contributed by atoms with Crippen molar-refractivity contribution in [2.45, 2.75) is 0 Å². The van der Waals surface area contributed by atoms with Crippen LogP contribution in [0.15, 0.2) is 6.07 Å². The molecule has 0 amide bonds. The van der Waals surface area contributed by atoms with Crippen LogP contribution in [-0.2, 0) is 0 Å². The minimum atomic E-state index is -0.983. The molecular formula is C5H2FIN2O3. The Bertz CT molecular complexity index is 344. The van der Waals surface area contributed by atoms with Crippen LogP contribution < -0.4 is 0 Å². The van der Waals surface area contributed by atoms with Crippen molar-refractivity contribution in [2.75, 3.05) is 0 Å². The third kappa shape index (κ3) is 1.60. The highest BCUT2D eigenvalue weighted by atomic mass is 127. The Labute approximate surface area is 79.5 Å². The maximum Gasteiger partial charge on any atom is 0.410 e. The number of pyridine rings is 1. The highest BCUT2D eigenvalue weighted by Gasteiger charge is 2.20. The molecule has 1 N–H and O–H groups in total. The normalized spacial score (nSPS) is 9.83. The summed E-state index contributed by atoms with van der Waals surface area (Å²) in [6, 6.07) is 0.906. The van der Waals surface area contributed by atoms with Gasteiger partial charge in [0.2, 0.25) is 5.75 Å². The second kappa shape index (κ2) is 3.17. The summed E-state index contributed by atoms with van der Waals surface area (Å²) in [5.41, 5.74) is 0. The molecule has 0 atom stereocenters. The Hall–Kier alpha value is -0.990. The van der Waals surface area contributed by atoms with Gasteiger partial charge in [-0.15, -0.1) is 0 Å². The van der Waals surface area contributed by atoms with Crippen molar-refractivity contribution >= 4 is 28.4 Å². The maximum atomic E-state index is 12.4. The average molecular weight is 284 g/mol. The van der Waals surface area contributed by atoms with Crippen molar-refractivity contribution in [3.8, 4) is 5.75 Å². The summed E-state index contributed by atoms with van der Waals surface area (Å²) in [7, 11) is 0. The van der Waals surface area contributed by atoms with Gasteiger partial charge in [0.05, 0.1) is 3.57 Å². The van der Waals surface area contributed by atoms with E-state index in [0.29, 0.717) is 0 Å². The summed E-state index contributed by atoms with van der Waals surface area (Å²) in [4.78, 5) is 12.1. The van der Waals surface area contributed by atoms with Crippen LogP contribution in [0, 0.1) is 19.6 Å². The van der Waals surface area contributed by atoms with Crippen LogP contribution >= 0.6 is 22.6 Å². The molecule has 0 aliphatic carbocycles. The first-order valence-corrected chi connectivity index (χ1v) is 3.79. The Morgan fingerprint density at radius 1 is 1.75 bits per heavy atom.